The van der Waals surface area contributed by atoms with Gasteiger partial charge in [-0.2, -0.15) is 0 Å². The maximum absolute atomic E-state index is 13.2. The molecule has 5 aromatic rings. The van der Waals surface area contributed by atoms with Crippen molar-refractivity contribution in [3.05, 3.63) is 88.9 Å². The average molecular weight is 430 g/mol. The number of fused-ring (bicyclic) bond motifs is 2. The number of benzene rings is 3. The summed E-state index contributed by atoms with van der Waals surface area (Å²) in [5.74, 6) is -0.214. The fourth-order valence-electron chi connectivity index (χ4n) is 3.48. The van der Waals surface area contributed by atoms with E-state index >= 15 is 0 Å². The van der Waals surface area contributed by atoms with E-state index in [1.807, 2.05) is 73.7 Å². The number of hydrogen-bond acceptors (Lipinski definition) is 4. The van der Waals surface area contributed by atoms with Crippen LogP contribution in [0.2, 0.25) is 5.02 Å². The maximum atomic E-state index is 13.2. The van der Waals surface area contributed by atoms with E-state index in [2.05, 4.69) is 10.3 Å². The van der Waals surface area contributed by atoms with Crippen LogP contribution in [0.5, 0.6) is 0 Å². The van der Waals surface area contributed by atoms with Gasteiger partial charge in [-0.1, -0.05) is 65.4 Å². The number of anilines is 1. The molecule has 0 unspecified atom stereocenters. The number of carbonyl (C=O) groups excluding carboxylic acids is 1. The second kappa shape index (κ2) is 7.52. The van der Waals surface area contributed by atoms with Gasteiger partial charge in [-0.05, 0) is 42.8 Å². The van der Waals surface area contributed by atoms with Gasteiger partial charge in [0.2, 0.25) is 0 Å². The summed E-state index contributed by atoms with van der Waals surface area (Å²) in [7, 11) is 0. The lowest BCUT2D eigenvalue weighted by atomic mass is 10.0. The van der Waals surface area contributed by atoms with E-state index in [1.54, 1.807) is 6.07 Å². The highest BCUT2D eigenvalue weighted by molar-refractivity contribution is 7.22. The van der Waals surface area contributed by atoms with E-state index in [4.69, 9.17) is 16.6 Å². The van der Waals surface area contributed by atoms with E-state index < -0.39 is 0 Å². The highest BCUT2D eigenvalue weighted by Crippen LogP contribution is 2.30. The molecule has 0 aliphatic carbocycles. The highest BCUT2D eigenvalue weighted by Gasteiger charge is 2.16. The molecule has 4 nitrogen and oxygen atoms in total. The molecule has 3 aromatic carbocycles. The van der Waals surface area contributed by atoms with E-state index in [-0.39, 0.29) is 5.91 Å². The van der Waals surface area contributed by atoms with Gasteiger partial charge in [0, 0.05) is 16.0 Å². The lowest BCUT2D eigenvalue weighted by molar-refractivity contribution is 0.102. The van der Waals surface area contributed by atoms with Crippen LogP contribution in [0.4, 0.5) is 5.13 Å². The summed E-state index contributed by atoms with van der Waals surface area (Å²) in [5.41, 5.74) is 5.03. The Kier molecular flexibility index (Phi) is 4.69. The normalized spacial score (nSPS) is 11.1. The quantitative estimate of drug-likeness (QED) is 0.346. The molecule has 0 spiro atoms. The molecule has 0 saturated heterocycles. The van der Waals surface area contributed by atoms with Crippen molar-refractivity contribution >= 4 is 55.1 Å². The number of para-hydroxylation sites is 1. The summed E-state index contributed by atoms with van der Waals surface area (Å²) in [6.07, 6.45) is 0. The Balaban J connectivity index is 1.59. The zero-order valence-corrected chi connectivity index (χ0v) is 17.6. The first-order valence-corrected chi connectivity index (χ1v) is 10.6. The molecular formula is C24H16ClN3OS. The van der Waals surface area contributed by atoms with Crippen LogP contribution < -0.4 is 5.32 Å². The van der Waals surface area contributed by atoms with E-state index in [0.717, 1.165) is 37.9 Å². The SMILES string of the molecule is Cc1ccccc1-c1cc(C(=O)Nc2nc3ccc(Cl)cc3s2)c2ccccc2n1. The Hall–Kier alpha value is -3.28. The fraction of sp³-hybridized carbons (Fsp3) is 0.0417. The third kappa shape index (κ3) is 3.43. The first kappa shape index (κ1) is 18.7. The van der Waals surface area contributed by atoms with Crippen LogP contribution in [0.1, 0.15) is 15.9 Å². The van der Waals surface area contributed by atoms with E-state index in [9.17, 15) is 4.79 Å². The van der Waals surface area contributed by atoms with Crippen LogP contribution in [-0.4, -0.2) is 15.9 Å². The van der Waals surface area contributed by atoms with Crippen LogP contribution in [0.3, 0.4) is 0 Å². The Bertz CT molecular complexity index is 1430. The van der Waals surface area contributed by atoms with Crippen molar-refractivity contribution in [2.75, 3.05) is 5.32 Å². The van der Waals surface area contributed by atoms with E-state index in [1.165, 1.54) is 11.3 Å². The van der Waals surface area contributed by atoms with Crippen LogP contribution in [0, 0.1) is 6.92 Å². The van der Waals surface area contributed by atoms with Gasteiger partial charge < -0.3 is 0 Å². The lowest BCUT2D eigenvalue weighted by Crippen LogP contribution is -2.13. The summed E-state index contributed by atoms with van der Waals surface area (Å²) in [6.45, 7) is 2.04. The smallest absolute Gasteiger partial charge is 0.258 e. The number of aromatic nitrogens is 2. The van der Waals surface area contributed by atoms with Crippen molar-refractivity contribution in [3.63, 3.8) is 0 Å². The zero-order chi connectivity index (χ0) is 20.7. The number of halogens is 1. The molecule has 0 radical (unpaired) electrons. The molecule has 30 heavy (non-hydrogen) atoms. The van der Waals surface area contributed by atoms with Gasteiger partial charge in [0.15, 0.2) is 5.13 Å². The molecular weight excluding hydrogens is 414 g/mol. The molecule has 2 aromatic heterocycles. The minimum Gasteiger partial charge on any atom is -0.298 e. The van der Waals surface area contributed by atoms with Gasteiger partial charge in [0.05, 0.1) is 27.0 Å². The Morgan fingerprint density at radius 2 is 1.73 bits per heavy atom. The van der Waals surface area contributed by atoms with Crippen molar-refractivity contribution in [1.82, 2.24) is 9.97 Å². The molecule has 1 amide bonds. The molecule has 0 bridgehead atoms. The first-order chi connectivity index (χ1) is 14.6. The van der Waals surface area contributed by atoms with Gasteiger partial charge in [-0.3, -0.25) is 10.1 Å². The summed E-state index contributed by atoms with van der Waals surface area (Å²) >= 11 is 7.47. The number of thiazole rings is 1. The van der Waals surface area contributed by atoms with Gasteiger partial charge >= 0.3 is 0 Å². The number of amides is 1. The lowest BCUT2D eigenvalue weighted by Gasteiger charge is -2.11. The van der Waals surface area contributed by atoms with Crippen LogP contribution >= 0.6 is 22.9 Å². The monoisotopic (exact) mass is 429 g/mol. The molecule has 0 aliphatic rings. The van der Waals surface area contributed by atoms with Crippen LogP contribution in [0.25, 0.3) is 32.4 Å². The molecule has 0 atom stereocenters. The third-order valence-electron chi connectivity index (χ3n) is 4.95. The topological polar surface area (TPSA) is 54.9 Å². The largest absolute Gasteiger partial charge is 0.298 e. The van der Waals surface area contributed by atoms with Crippen molar-refractivity contribution in [2.45, 2.75) is 6.92 Å². The fourth-order valence-corrected chi connectivity index (χ4v) is 4.61. The van der Waals surface area contributed by atoms with Gasteiger partial charge in [-0.15, -0.1) is 0 Å². The molecule has 146 valence electrons. The van der Waals surface area contributed by atoms with Crippen molar-refractivity contribution in [3.8, 4) is 11.3 Å². The number of rotatable bonds is 3. The number of nitrogens with zero attached hydrogens (tertiary/aromatic N) is 2. The Labute approximate surface area is 182 Å². The van der Waals surface area contributed by atoms with Crippen LogP contribution in [0.15, 0.2) is 72.8 Å². The predicted octanol–water partition coefficient (Wildman–Crippen LogP) is 6.73. The molecule has 6 heteroatoms. The van der Waals surface area contributed by atoms with Crippen molar-refractivity contribution in [1.29, 1.82) is 0 Å². The summed E-state index contributed by atoms with van der Waals surface area (Å²) in [6, 6.07) is 23.0. The second-order valence-electron chi connectivity index (χ2n) is 6.97. The highest BCUT2D eigenvalue weighted by atomic mass is 35.5. The molecule has 1 N–H and O–H groups in total. The summed E-state index contributed by atoms with van der Waals surface area (Å²) < 4.78 is 0.929. The summed E-state index contributed by atoms with van der Waals surface area (Å²) in [4.78, 5) is 22.5. The Morgan fingerprint density at radius 3 is 2.60 bits per heavy atom. The molecule has 2 heterocycles. The number of hydrogen-bond donors (Lipinski definition) is 1. The third-order valence-corrected chi connectivity index (χ3v) is 6.12. The predicted molar refractivity (Wildman–Crippen MR) is 124 cm³/mol. The molecule has 0 saturated carbocycles. The van der Waals surface area contributed by atoms with Crippen molar-refractivity contribution in [2.24, 2.45) is 0 Å². The molecule has 5 rings (SSSR count). The zero-order valence-electron chi connectivity index (χ0n) is 16.0. The number of nitrogens with one attached hydrogen (secondary N) is 1. The minimum absolute atomic E-state index is 0.214. The second-order valence-corrected chi connectivity index (χ2v) is 8.44. The number of carbonyl (C=O) groups is 1. The number of pyridine rings is 1. The maximum Gasteiger partial charge on any atom is 0.258 e. The van der Waals surface area contributed by atoms with E-state index in [0.29, 0.717) is 15.7 Å². The molecule has 0 aliphatic heterocycles. The van der Waals surface area contributed by atoms with Gasteiger partial charge in [0.1, 0.15) is 0 Å². The van der Waals surface area contributed by atoms with Gasteiger partial charge in [-0.25, -0.2) is 9.97 Å². The standard InChI is InChI=1S/C24H16ClN3OS/c1-14-6-2-3-7-16(14)21-13-18(17-8-4-5-9-19(17)26-21)23(29)28-24-27-20-11-10-15(25)12-22(20)30-24/h2-13H,1H3,(H,27,28,29). The average Bonchev–Trinajstić information content (AvgIpc) is 3.14. The van der Waals surface area contributed by atoms with Crippen molar-refractivity contribution < 1.29 is 4.79 Å². The first-order valence-electron chi connectivity index (χ1n) is 9.42. The minimum atomic E-state index is -0.214. The molecule has 0 fully saturated rings. The number of aryl methyl sites for hydroxylation is 1. The van der Waals surface area contributed by atoms with Gasteiger partial charge in [0.25, 0.3) is 5.91 Å². The summed E-state index contributed by atoms with van der Waals surface area (Å²) in [5, 5.41) is 4.94. The Morgan fingerprint density at radius 1 is 0.933 bits per heavy atom. The van der Waals surface area contributed by atoms with Crippen LogP contribution in [-0.2, 0) is 0 Å².